The van der Waals surface area contributed by atoms with Crippen LogP contribution >= 0.6 is 0 Å². The van der Waals surface area contributed by atoms with Gasteiger partial charge in [0.15, 0.2) is 0 Å². The highest BCUT2D eigenvalue weighted by atomic mass is 16.3. The molecular weight excluding hydrogens is 124 g/mol. The van der Waals surface area contributed by atoms with E-state index in [4.69, 9.17) is 2.74 Å². The molecule has 1 aliphatic carbocycles. The maximum atomic E-state index is 10.1. The van der Waals surface area contributed by atoms with Crippen LogP contribution in [0.1, 0.15) is 36.3 Å². The van der Waals surface area contributed by atoms with E-state index in [9.17, 15) is 5.11 Å². The Kier molecular flexibility index (Phi) is 1.12. The van der Waals surface area contributed by atoms with Crippen molar-refractivity contribution in [1.29, 1.82) is 0 Å². The summed E-state index contributed by atoms with van der Waals surface area (Å²) in [6, 6.07) is 0. The highest BCUT2D eigenvalue weighted by Crippen LogP contribution is 2.38. The molecule has 10 heavy (non-hydrogen) atoms. The number of hydrogen-bond donors (Lipinski definition) is 1. The molecule has 1 nitrogen and oxygen atoms in total. The molecule has 0 fully saturated rings. The van der Waals surface area contributed by atoms with Crippen molar-refractivity contribution in [3.8, 4) is 0 Å². The summed E-state index contributed by atoms with van der Waals surface area (Å²) in [4.78, 5) is 0. The van der Waals surface area contributed by atoms with E-state index in [-0.39, 0.29) is 0 Å². The van der Waals surface area contributed by atoms with E-state index in [1.807, 2.05) is 20.8 Å². The first-order valence-electron chi connectivity index (χ1n) is 4.61. The third-order valence-corrected chi connectivity index (χ3v) is 1.99. The van der Waals surface area contributed by atoms with Gasteiger partial charge in [-0.15, -0.1) is 0 Å². The predicted octanol–water partition coefficient (Wildman–Crippen LogP) is 2.11. The molecule has 0 saturated heterocycles. The normalized spacial score (nSPS) is 41.2. The minimum absolute atomic E-state index is 0.306. The van der Waals surface area contributed by atoms with Gasteiger partial charge >= 0.3 is 0 Å². The maximum absolute atomic E-state index is 10.1. The average molecular weight is 142 g/mol. The second-order valence-corrected chi connectivity index (χ2v) is 3.80. The smallest absolute Gasteiger partial charge is 0.0878 e. The van der Waals surface area contributed by atoms with Crippen molar-refractivity contribution in [3.05, 3.63) is 12.2 Å². The van der Waals surface area contributed by atoms with Crippen LogP contribution in [0.25, 0.3) is 0 Å². The summed E-state index contributed by atoms with van der Waals surface area (Å²) in [6.45, 7) is 5.54. The summed E-state index contributed by atoms with van der Waals surface area (Å²) >= 11 is 0. The van der Waals surface area contributed by atoms with Crippen LogP contribution in [-0.2, 0) is 0 Å². The van der Waals surface area contributed by atoms with E-state index in [0.717, 1.165) is 0 Å². The van der Waals surface area contributed by atoms with Gasteiger partial charge in [0.05, 0.1) is 5.60 Å². The highest BCUT2D eigenvalue weighted by Gasteiger charge is 2.38. The second-order valence-electron chi connectivity index (χ2n) is 3.80. The first kappa shape index (κ1) is 5.36. The summed E-state index contributed by atoms with van der Waals surface area (Å²) in [5.41, 5.74) is -1.77. The molecule has 0 saturated carbocycles. The molecule has 1 N–H and O–H groups in total. The topological polar surface area (TPSA) is 20.2 Å². The quantitative estimate of drug-likeness (QED) is 0.514. The lowest BCUT2D eigenvalue weighted by Crippen LogP contribution is -2.38. The zero-order valence-electron chi connectivity index (χ0n) is 8.81. The minimum Gasteiger partial charge on any atom is -0.385 e. The molecule has 0 aromatic rings. The first-order chi connectivity index (χ1) is 5.21. The summed E-state index contributed by atoms with van der Waals surface area (Å²) in [6.07, 6.45) is 2.09. The zero-order valence-corrected chi connectivity index (χ0v) is 6.81. The Morgan fingerprint density at radius 1 is 1.60 bits per heavy atom. The van der Waals surface area contributed by atoms with Gasteiger partial charge < -0.3 is 5.11 Å². The van der Waals surface area contributed by atoms with E-state index in [1.54, 1.807) is 12.2 Å². The third kappa shape index (κ3) is 1.10. The molecule has 1 rings (SSSR count). The van der Waals surface area contributed by atoms with Crippen LogP contribution in [0.15, 0.2) is 12.2 Å². The molecule has 0 aromatic carbocycles. The number of rotatable bonds is 0. The van der Waals surface area contributed by atoms with E-state index in [2.05, 4.69) is 0 Å². The maximum Gasteiger partial charge on any atom is 0.0878 e. The number of hydrogen-bond acceptors (Lipinski definition) is 1. The fourth-order valence-electron chi connectivity index (χ4n) is 1.02. The standard InChI is InChI=1S/C9H16O/c1-8(2,3)9(10)6-4-5-7-9/h4,6,10H,5,7H2,1-3H3/i7D2. The van der Waals surface area contributed by atoms with Gasteiger partial charge in [0.2, 0.25) is 0 Å². The fraction of sp³-hybridized carbons (Fsp3) is 0.778. The molecule has 0 spiro atoms. The lowest BCUT2D eigenvalue weighted by Gasteiger charge is -2.35. The summed E-state index contributed by atoms with van der Waals surface area (Å²) in [5, 5.41) is 10.1. The van der Waals surface area contributed by atoms with E-state index in [1.165, 1.54) is 0 Å². The van der Waals surface area contributed by atoms with E-state index in [0.29, 0.717) is 6.42 Å². The van der Waals surface area contributed by atoms with Crippen molar-refractivity contribution in [2.75, 3.05) is 0 Å². The molecule has 1 unspecified atom stereocenters. The molecule has 0 radical (unpaired) electrons. The molecule has 0 bridgehead atoms. The van der Waals surface area contributed by atoms with Gasteiger partial charge in [-0.25, -0.2) is 0 Å². The largest absolute Gasteiger partial charge is 0.385 e. The SMILES string of the molecule is [2H]C1([2H])CC=CC1(O)C(C)(C)C. The summed E-state index contributed by atoms with van der Waals surface area (Å²) in [5.74, 6) is 0. The predicted molar refractivity (Wildman–Crippen MR) is 42.8 cm³/mol. The van der Waals surface area contributed by atoms with Gasteiger partial charge in [0, 0.05) is 2.74 Å². The minimum atomic E-state index is -1.52. The second kappa shape index (κ2) is 2.09. The Labute approximate surface area is 65.6 Å². The summed E-state index contributed by atoms with van der Waals surface area (Å²) in [7, 11) is 0. The van der Waals surface area contributed by atoms with Crippen molar-refractivity contribution in [3.63, 3.8) is 0 Å². The third-order valence-electron chi connectivity index (χ3n) is 1.99. The zero-order chi connectivity index (χ0) is 9.62. The van der Waals surface area contributed by atoms with Crippen LogP contribution in [0, 0.1) is 5.41 Å². The van der Waals surface area contributed by atoms with Crippen LogP contribution in [-0.4, -0.2) is 10.7 Å². The Bertz CT molecular complexity index is 215. The first-order valence-corrected chi connectivity index (χ1v) is 3.61. The average Bonchev–Trinajstić information content (AvgIpc) is 2.07. The number of allylic oxidation sites excluding steroid dienone is 1. The van der Waals surface area contributed by atoms with Crippen molar-refractivity contribution in [1.82, 2.24) is 0 Å². The molecule has 0 heterocycles. The molecule has 58 valence electrons. The van der Waals surface area contributed by atoms with Gasteiger partial charge in [0.25, 0.3) is 0 Å². The van der Waals surface area contributed by atoms with Crippen LogP contribution in [0.2, 0.25) is 0 Å². The van der Waals surface area contributed by atoms with Crippen molar-refractivity contribution >= 4 is 0 Å². The van der Waals surface area contributed by atoms with E-state index >= 15 is 0 Å². The monoisotopic (exact) mass is 142 g/mol. The van der Waals surface area contributed by atoms with Gasteiger partial charge in [-0.3, -0.25) is 0 Å². The molecule has 1 heteroatoms. The molecule has 1 atom stereocenters. The molecular formula is C9H16O. The highest BCUT2D eigenvalue weighted by molar-refractivity contribution is 5.13. The van der Waals surface area contributed by atoms with Crippen LogP contribution in [0.5, 0.6) is 0 Å². The molecule has 0 aliphatic heterocycles. The van der Waals surface area contributed by atoms with Crippen molar-refractivity contribution in [2.45, 2.75) is 39.2 Å². The van der Waals surface area contributed by atoms with E-state index < -0.39 is 17.4 Å². The molecule has 0 aromatic heterocycles. The van der Waals surface area contributed by atoms with Gasteiger partial charge in [-0.2, -0.15) is 0 Å². The fourth-order valence-corrected chi connectivity index (χ4v) is 1.02. The Balaban J connectivity index is 3.06. The van der Waals surface area contributed by atoms with Gasteiger partial charge in [-0.05, 0) is 18.2 Å². The Morgan fingerprint density at radius 3 is 2.40 bits per heavy atom. The van der Waals surface area contributed by atoms with Crippen LogP contribution in [0.3, 0.4) is 0 Å². The lowest BCUT2D eigenvalue weighted by molar-refractivity contribution is -0.0131. The number of aliphatic hydroxyl groups is 1. The van der Waals surface area contributed by atoms with Crippen molar-refractivity contribution in [2.24, 2.45) is 5.41 Å². The Morgan fingerprint density at radius 2 is 2.20 bits per heavy atom. The Hall–Kier alpha value is -0.300. The molecule has 0 amide bonds. The van der Waals surface area contributed by atoms with Crippen LogP contribution in [0.4, 0.5) is 0 Å². The van der Waals surface area contributed by atoms with Gasteiger partial charge in [0.1, 0.15) is 0 Å². The van der Waals surface area contributed by atoms with Crippen molar-refractivity contribution < 1.29 is 7.85 Å². The lowest BCUT2D eigenvalue weighted by atomic mass is 9.76. The van der Waals surface area contributed by atoms with Crippen LogP contribution < -0.4 is 0 Å². The van der Waals surface area contributed by atoms with Gasteiger partial charge in [-0.1, -0.05) is 32.9 Å². The molecule has 1 aliphatic rings. The summed E-state index contributed by atoms with van der Waals surface area (Å²) < 4.78 is 15.3.